The third-order valence-corrected chi connectivity index (χ3v) is 5.22. The van der Waals surface area contributed by atoms with Crippen LogP contribution in [0.4, 0.5) is 0 Å². The highest BCUT2D eigenvalue weighted by molar-refractivity contribution is 9.10. The molecule has 3 nitrogen and oxygen atoms in total. The first-order valence-electron chi connectivity index (χ1n) is 7.43. The molecule has 0 aliphatic carbocycles. The van der Waals surface area contributed by atoms with Crippen molar-refractivity contribution in [3.8, 4) is 0 Å². The number of hydrogen-bond acceptors (Lipinski definition) is 3. The molecule has 0 radical (unpaired) electrons. The van der Waals surface area contributed by atoms with Gasteiger partial charge in [0.15, 0.2) is 0 Å². The van der Waals surface area contributed by atoms with Gasteiger partial charge in [0.1, 0.15) is 0 Å². The summed E-state index contributed by atoms with van der Waals surface area (Å²) in [5.41, 5.74) is 7.55. The predicted octanol–water partition coefficient (Wildman–Crippen LogP) is 2.86. The van der Waals surface area contributed by atoms with E-state index in [4.69, 9.17) is 5.73 Å². The summed E-state index contributed by atoms with van der Waals surface area (Å²) >= 11 is 3.59. The second-order valence-electron chi connectivity index (χ2n) is 6.04. The summed E-state index contributed by atoms with van der Waals surface area (Å²) in [4.78, 5) is 5.01. The monoisotopic (exact) mass is 339 g/mol. The largest absolute Gasteiger partial charge is 0.324 e. The summed E-state index contributed by atoms with van der Waals surface area (Å²) in [6.45, 7) is 7.96. The van der Waals surface area contributed by atoms with Crippen LogP contribution in [0.5, 0.6) is 0 Å². The highest BCUT2D eigenvalue weighted by Crippen LogP contribution is 2.24. The van der Waals surface area contributed by atoms with Crippen molar-refractivity contribution in [1.29, 1.82) is 0 Å². The van der Waals surface area contributed by atoms with Crippen LogP contribution in [-0.2, 0) is 0 Å². The second-order valence-corrected chi connectivity index (χ2v) is 6.89. The molecular weight excluding hydrogens is 314 g/mol. The number of likely N-dealkylation sites (N-methyl/N-ethyl adjacent to an activating group) is 1. The normalized spacial score (nSPS) is 26.6. The van der Waals surface area contributed by atoms with Gasteiger partial charge >= 0.3 is 0 Å². The molecule has 1 aromatic carbocycles. The minimum Gasteiger partial charge on any atom is -0.324 e. The van der Waals surface area contributed by atoms with Gasteiger partial charge < -0.3 is 10.6 Å². The Morgan fingerprint density at radius 1 is 1.25 bits per heavy atom. The SMILES string of the molecule is CC1CN(CCC(N)c2ccccc2Br)CC(C)N1C. The van der Waals surface area contributed by atoms with Gasteiger partial charge in [0.25, 0.3) is 0 Å². The lowest BCUT2D eigenvalue weighted by molar-refractivity contribution is 0.0584. The standard InChI is InChI=1S/C16H26BrN3/c1-12-10-20(11-13(2)19(12)3)9-8-16(18)14-6-4-5-7-15(14)17/h4-7,12-13,16H,8-11,18H2,1-3H3. The van der Waals surface area contributed by atoms with E-state index >= 15 is 0 Å². The third kappa shape index (κ3) is 3.82. The van der Waals surface area contributed by atoms with E-state index in [0.29, 0.717) is 12.1 Å². The molecule has 0 amide bonds. The van der Waals surface area contributed by atoms with E-state index in [2.05, 4.69) is 64.8 Å². The smallest absolute Gasteiger partial charge is 0.0318 e. The summed E-state index contributed by atoms with van der Waals surface area (Å²) in [6.07, 6.45) is 1.01. The number of nitrogens with two attached hydrogens (primary N) is 1. The zero-order valence-electron chi connectivity index (χ0n) is 12.7. The van der Waals surface area contributed by atoms with Crippen LogP contribution in [0.1, 0.15) is 31.9 Å². The van der Waals surface area contributed by atoms with Crippen molar-refractivity contribution in [1.82, 2.24) is 9.80 Å². The van der Waals surface area contributed by atoms with E-state index in [1.165, 1.54) is 5.56 Å². The van der Waals surface area contributed by atoms with Crippen LogP contribution in [0.25, 0.3) is 0 Å². The fraction of sp³-hybridized carbons (Fsp3) is 0.625. The average molecular weight is 340 g/mol. The van der Waals surface area contributed by atoms with Crippen LogP contribution < -0.4 is 5.73 Å². The maximum atomic E-state index is 6.34. The maximum absolute atomic E-state index is 6.34. The Hall–Kier alpha value is -0.420. The van der Waals surface area contributed by atoms with Crippen LogP contribution in [-0.4, -0.2) is 48.6 Å². The molecule has 2 rings (SSSR count). The molecule has 4 heteroatoms. The molecular formula is C16H26BrN3. The van der Waals surface area contributed by atoms with Gasteiger partial charge in [-0.1, -0.05) is 34.1 Å². The molecule has 112 valence electrons. The first-order chi connectivity index (χ1) is 9.49. The van der Waals surface area contributed by atoms with Gasteiger partial charge in [-0.2, -0.15) is 0 Å². The second kappa shape index (κ2) is 7.03. The number of piperazine rings is 1. The van der Waals surface area contributed by atoms with Crippen LogP contribution in [0.2, 0.25) is 0 Å². The van der Waals surface area contributed by atoms with Gasteiger partial charge in [0.05, 0.1) is 0 Å². The Bertz CT molecular complexity index is 425. The Balaban J connectivity index is 1.88. The zero-order valence-corrected chi connectivity index (χ0v) is 14.3. The van der Waals surface area contributed by atoms with Crippen LogP contribution in [0.15, 0.2) is 28.7 Å². The molecule has 3 atom stereocenters. The molecule has 0 spiro atoms. The summed E-state index contributed by atoms with van der Waals surface area (Å²) < 4.78 is 1.12. The number of hydrogen-bond donors (Lipinski definition) is 1. The van der Waals surface area contributed by atoms with Crippen LogP contribution >= 0.6 is 15.9 Å². The molecule has 0 bridgehead atoms. The van der Waals surface area contributed by atoms with E-state index in [1.807, 2.05) is 6.07 Å². The molecule has 2 N–H and O–H groups in total. The average Bonchev–Trinajstić information content (AvgIpc) is 2.42. The van der Waals surface area contributed by atoms with Gasteiger partial charge in [0.2, 0.25) is 0 Å². The Morgan fingerprint density at radius 3 is 2.45 bits per heavy atom. The van der Waals surface area contributed by atoms with Crippen molar-refractivity contribution in [2.24, 2.45) is 5.73 Å². The minimum absolute atomic E-state index is 0.107. The first-order valence-corrected chi connectivity index (χ1v) is 8.22. The van der Waals surface area contributed by atoms with E-state index in [0.717, 1.165) is 30.5 Å². The fourth-order valence-corrected chi connectivity index (χ4v) is 3.53. The molecule has 3 unspecified atom stereocenters. The lowest BCUT2D eigenvalue weighted by Crippen LogP contribution is -2.55. The molecule has 1 fully saturated rings. The zero-order chi connectivity index (χ0) is 14.7. The van der Waals surface area contributed by atoms with E-state index in [1.54, 1.807) is 0 Å². The lowest BCUT2D eigenvalue weighted by atomic mass is 10.0. The van der Waals surface area contributed by atoms with E-state index in [-0.39, 0.29) is 6.04 Å². The summed E-state index contributed by atoms with van der Waals surface area (Å²) in [7, 11) is 2.22. The van der Waals surface area contributed by atoms with Gasteiger partial charge in [0, 0.05) is 42.2 Å². The number of nitrogens with zero attached hydrogens (tertiary/aromatic N) is 2. The quantitative estimate of drug-likeness (QED) is 0.915. The van der Waals surface area contributed by atoms with Crippen LogP contribution in [0.3, 0.4) is 0 Å². The van der Waals surface area contributed by atoms with E-state index < -0.39 is 0 Å². The lowest BCUT2D eigenvalue weighted by Gasteiger charge is -2.42. The topological polar surface area (TPSA) is 32.5 Å². The number of benzene rings is 1. The molecule has 1 aliphatic heterocycles. The number of rotatable bonds is 4. The maximum Gasteiger partial charge on any atom is 0.0318 e. The Morgan fingerprint density at radius 2 is 1.85 bits per heavy atom. The van der Waals surface area contributed by atoms with Crippen molar-refractivity contribution in [2.45, 2.75) is 38.4 Å². The van der Waals surface area contributed by atoms with Crippen LogP contribution in [0, 0.1) is 0 Å². The van der Waals surface area contributed by atoms with E-state index in [9.17, 15) is 0 Å². The highest BCUT2D eigenvalue weighted by atomic mass is 79.9. The molecule has 1 heterocycles. The Labute approximate surface area is 131 Å². The summed E-state index contributed by atoms with van der Waals surface area (Å²) in [5.74, 6) is 0. The summed E-state index contributed by atoms with van der Waals surface area (Å²) in [5, 5.41) is 0. The Kier molecular flexibility index (Phi) is 5.61. The fourth-order valence-electron chi connectivity index (χ4n) is 2.95. The van der Waals surface area contributed by atoms with Crippen molar-refractivity contribution < 1.29 is 0 Å². The van der Waals surface area contributed by atoms with Gasteiger partial charge in [-0.15, -0.1) is 0 Å². The van der Waals surface area contributed by atoms with Crippen molar-refractivity contribution in [3.63, 3.8) is 0 Å². The van der Waals surface area contributed by atoms with Crippen molar-refractivity contribution >= 4 is 15.9 Å². The van der Waals surface area contributed by atoms with Gasteiger partial charge in [-0.25, -0.2) is 0 Å². The molecule has 1 saturated heterocycles. The molecule has 20 heavy (non-hydrogen) atoms. The van der Waals surface area contributed by atoms with Crippen molar-refractivity contribution in [2.75, 3.05) is 26.7 Å². The molecule has 0 saturated carbocycles. The van der Waals surface area contributed by atoms with Gasteiger partial charge in [-0.05, 0) is 38.9 Å². The summed E-state index contributed by atoms with van der Waals surface area (Å²) in [6, 6.07) is 9.62. The molecule has 1 aliphatic rings. The third-order valence-electron chi connectivity index (χ3n) is 4.50. The number of halogens is 1. The van der Waals surface area contributed by atoms with Gasteiger partial charge in [-0.3, -0.25) is 4.90 Å². The predicted molar refractivity (Wildman–Crippen MR) is 88.8 cm³/mol. The molecule has 0 aromatic heterocycles. The van der Waals surface area contributed by atoms with Crippen molar-refractivity contribution in [3.05, 3.63) is 34.3 Å². The molecule has 1 aromatic rings. The minimum atomic E-state index is 0.107. The highest BCUT2D eigenvalue weighted by Gasteiger charge is 2.26. The first kappa shape index (κ1) is 16.0.